The number of nitrogens with zero attached hydrogens (tertiary/aromatic N) is 1. The summed E-state index contributed by atoms with van der Waals surface area (Å²) in [7, 11) is 2.07. The maximum Gasteiger partial charge on any atom is 0.0386 e. The highest BCUT2D eigenvalue weighted by atomic mass is 15.1. The van der Waals surface area contributed by atoms with E-state index in [0.717, 1.165) is 23.4 Å². The Bertz CT molecular complexity index is 594. The first-order valence-electron chi connectivity index (χ1n) is 7.41. The first-order valence-corrected chi connectivity index (χ1v) is 7.41. The SMILES string of the molecule is C=Cc1cc(C)ccc1C(=C)N(C)CC(=C)C1CC1C=C. The highest BCUT2D eigenvalue weighted by Gasteiger charge is 2.36. The van der Waals surface area contributed by atoms with Crippen LogP contribution in [0.3, 0.4) is 0 Å². The van der Waals surface area contributed by atoms with Crippen LogP contribution < -0.4 is 0 Å². The van der Waals surface area contributed by atoms with Crippen molar-refractivity contribution < 1.29 is 0 Å². The second kappa shape index (κ2) is 6.17. The van der Waals surface area contributed by atoms with Gasteiger partial charge >= 0.3 is 0 Å². The molecule has 1 aliphatic rings. The van der Waals surface area contributed by atoms with Crippen LogP contribution in [0.25, 0.3) is 11.8 Å². The number of aryl methyl sites for hydroxylation is 1. The third-order valence-electron chi connectivity index (χ3n) is 4.31. The molecule has 110 valence electrons. The van der Waals surface area contributed by atoms with Crippen LogP contribution in [0.5, 0.6) is 0 Å². The van der Waals surface area contributed by atoms with Gasteiger partial charge in [0.25, 0.3) is 0 Å². The summed E-state index contributed by atoms with van der Waals surface area (Å²) >= 11 is 0. The summed E-state index contributed by atoms with van der Waals surface area (Å²) < 4.78 is 0. The minimum absolute atomic E-state index is 0.606. The Morgan fingerprint density at radius 3 is 2.62 bits per heavy atom. The van der Waals surface area contributed by atoms with Gasteiger partial charge in [-0.25, -0.2) is 0 Å². The Balaban J connectivity index is 2.07. The molecule has 0 heterocycles. The van der Waals surface area contributed by atoms with Gasteiger partial charge in [-0.2, -0.15) is 0 Å². The van der Waals surface area contributed by atoms with E-state index in [1.54, 1.807) is 0 Å². The molecule has 0 radical (unpaired) electrons. The summed E-state index contributed by atoms with van der Waals surface area (Å²) in [6.45, 7) is 19.2. The topological polar surface area (TPSA) is 3.24 Å². The number of hydrogen-bond donors (Lipinski definition) is 0. The molecule has 2 unspecified atom stereocenters. The van der Waals surface area contributed by atoms with Gasteiger partial charge < -0.3 is 4.90 Å². The summed E-state index contributed by atoms with van der Waals surface area (Å²) in [5.74, 6) is 1.23. The van der Waals surface area contributed by atoms with Crippen molar-refractivity contribution in [2.75, 3.05) is 13.6 Å². The van der Waals surface area contributed by atoms with Gasteiger partial charge in [-0.05, 0) is 30.7 Å². The quantitative estimate of drug-likeness (QED) is 0.640. The van der Waals surface area contributed by atoms with Gasteiger partial charge in [-0.1, -0.05) is 61.2 Å². The predicted molar refractivity (Wildman–Crippen MR) is 93.9 cm³/mol. The van der Waals surface area contributed by atoms with Crippen LogP contribution in [0.15, 0.2) is 56.2 Å². The van der Waals surface area contributed by atoms with Gasteiger partial charge in [0, 0.05) is 24.9 Å². The number of rotatable bonds is 7. The first kappa shape index (κ1) is 15.4. The Morgan fingerprint density at radius 2 is 2.05 bits per heavy atom. The van der Waals surface area contributed by atoms with E-state index in [4.69, 9.17) is 0 Å². The molecule has 0 spiro atoms. The Morgan fingerprint density at radius 1 is 1.33 bits per heavy atom. The molecule has 21 heavy (non-hydrogen) atoms. The molecule has 0 N–H and O–H groups in total. The first-order chi connectivity index (χ1) is 9.97. The van der Waals surface area contributed by atoms with Crippen LogP contribution in [-0.2, 0) is 0 Å². The van der Waals surface area contributed by atoms with Gasteiger partial charge in [0.15, 0.2) is 0 Å². The van der Waals surface area contributed by atoms with Crippen LogP contribution in [0.2, 0.25) is 0 Å². The minimum atomic E-state index is 0.606. The maximum atomic E-state index is 4.25. The maximum absolute atomic E-state index is 4.25. The molecule has 1 aromatic carbocycles. The van der Waals surface area contributed by atoms with Crippen molar-refractivity contribution in [1.82, 2.24) is 4.90 Å². The van der Waals surface area contributed by atoms with Crippen molar-refractivity contribution >= 4 is 11.8 Å². The molecule has 0 bridgehead atoms. The average Bonchev–Trinajstić information content (AvgIpc) is 3.26. The zero-order valence-corrected chi connectivity index (χ0v) is 13.2. The van der Waals surface area contributed by atoms with E-state index in [9.17, 15) is 0 Å². The monoisotopic (exact) mass is 279 g/mol. The van der Waals surface area contributed by atoms with Gasteiger partial charge in [0.05, 0.1) is 0 Å². The van der Waals surface area contributed by atoms with Crippen molar-refractivity contribution in [3.63, 3.8) is 0 Å². The Labute approximate surface area is 129 Å². The number of benzene rings is 1. The lowest BCUT2D eigenvalue weighted by atomic mass is 10.0. The molecular weight excluding hydrogens is 254 g/mol. The molecule has 1 nitrogen and oxygen atoms in total. The van der Waals surface area contributed by atoms with Gasteiger partial charge in [0.1, 0.15) is 0 Å². The van der Waals surface area contributed by atoms with Crippen LogP contribution in [-0.4, -0.2) is 18.5 Å². The highest BCUT2D eigenvalue weighted by molar-refractivity contribution is 5.72. The van der Waals surface area contributed by atoms with Crippen molar-refractivity contribution in [2.45, 2.75) is 13.3 Å². The second-order valence-electron chi connectivity index (χ2n) is 6.00. The van der Waals surface area contributed by atoms with Crippen molar-refractivity contribution in [1.29, 1.82) is 0 Å². The van der Waals surface area contributed by atoms with E-state index in [1.807, 2.05) is 12.2 Å². The van der Waals surface area contributed by atoms with Crippen LogP contribution >= 0.6 is 0 Å². The molecular formula is C20H25N. The Hall–Kier alpha value is -2.02. The molecule has 0 aliphatic heterocycles. The summed E-state index contributed by atoms with van der Waals surface area (Å²) in [5.41, 5.74) is 5.80. The Kier molecular flexibility index (Phi) is 4.52. The van der Waals surface area contributed by atoms with Crippen LogP contribution in [0.1, 0.15) is 23.1 Å². The largest absolute Gasteiger partial charge is 0.371 e. The fourth-order valence-corrected chi connectivity index (χ4v) is 2.78. The summed E-state index contributed by atoms with van der Waals surface area (Å²) in [6.07, 6.45) is 5.14. The van der Waals surface area contributed by atoms with Crippen molar-refractivity contribution in [3.05, 3.63) is 72.9 Å². The van der Waals surface area contributed by atoms with Crippen molar-refractivity contribution in [3.8, 4) is 0 Å². The number of allylic oxidation sites excluding steroid dienone is 1. The minimum Gasteiger partial charge on any atom is -0.371 e. The van der Waals surface area contributed by atoms with E-state index in [0.29, 0.717) is 11.8 Å². The van der Waals surface area contributed by atoms with Crippen LogP contribution in [0.4, 0.5) is 0 Å². The molecule has 1 aromatic rings. The molecule has 1 saturated carbocycles. The molecule has 1 fully saturated rings. The third-order valence-corrected chi connectivity index (χ3v) is 4.31. The lowest BCUT2D eigenvalue weighted by molar-refractivity contribution is 0.510. The van der Waals surface area contributed by atoms with E-state index >= 15 is 0 Å². The number of hydrogen-bond acceptors (Lipinski definition) is 1. The van der Waals surface area contributed by atoms with E-state index in [1.165, 1.54) is 17.6 Å². The molecule has 2 rings (SSSR count). The lowest BCUT2D eigenvalue weighted by Crippen LogP contribution is -2.20. The lowest BCUT2D eigenvalue weighted by Gasteiger charge is -2.24. The molecule has 0 amide bonds. The zero-order chi connectivity index (χ0) is 15.6. The zero-order valence-electron chi connectivity index (χ0n) is 13.2. The molecule has 0 aromatic heterocycles. The fraction of sp³-hybridized carbons (Fsp3) is 0.300. The number of likely N-dealkylation sites (N-methyl/N-ethyl adjacent to an activating group) is 1. The van der Waals surface area contributed by atoms with Gasteiger partial charge in [0.2, 0.25) is 0 Å². The van der Waals surface area contributed by atoms with E-state index in [-0.39, 0.29) is 0 Å². The predicted octanol–water partition coefficient (Wildman–Crippen LogP) is 4.92. The van der Waals surface area contributed by atoms with E-state index in [2.05, 4.69) is 63.4 Å². The molecule has 1 heteroatoms. The van der Waals surface area contributed by atoms with Crippen LogP contribution in [0, 0.1) is 18.8 Å². The second-order valence-corrected chi connectivity index (χ2v) is 6.00. The van der Waals surface area contributed by atoms with Gasteiger partial charge in [-0.15, -0.1) is 6.58 Å². The highest BCUT2D eigenvalue weighted by Crippen LogP contribution is 2.44. The fourth-order valence-electron chi connectivity index (χ4n) is 2.78. The molecule has 2 atom stereocenters. The molecule has 1 aliphatic carbocycles. The third kappa shape index (κ3) is 3.36. The normalized spacial score (nSPS) is 19.7. The van der Waals surface area contributed by atoms with E-state index < -0.39 is 0 Å². The molecule has 0 saturated heterocycles. The summed E-state index contributed by atoms with van der Waals surface area (Å²) in [4.78, 5) is 2.18. The van der Waals surface area contributed by atoms with Gasteiger partial charge in [-0.3, -0.25) is 0 Å². The standard InChI is InChI=1S/C20H25N/c1-7-17-11-14(3)9-10-19(17)16(5)21(6)13-15(4)20-12-18(20)8-2/h7-11,18,20H,1-2,4-5,12-13H2,3,6H3. The smallest absolute Gasteiger partial charge is 0.0386 e. The van der Waals surface area contributed by atoms with Crippen molar-refractivity contribution in [2.24, 2.45) is 11.8 Å². The summed E-state index contributed by atoms with van der Waals surface area (Å²) in [6, 6.07) is 6.38. The average molecular weight is 279 g/mol. The summed E-state index contributed by atoms with van der Waals surface area (Å²) in [5, 5.41) is 0.